The van der Waals surface area contributed by atoms with Gasteiger partial charge in [-0.15, -0.1) is 0 Å². The number of fused-ring (bicyclic) bond motifs is 1. The number of sulfonamides is 1. The molecule has 0 spiro atoms. The van der Waals surface area contributed by atoms with E-state index in [2.05, 4.69) is 58.8 Å². The molecule has 7 nitrogen and oxygen atoms in total. The second-order valence-corrected chi connectivity index (χ2v) is 9.88. The predicted molar refractivity (Wildman–Crippen MR) is 124 cm³/mol. The van der Waals surface area contributed by atoms with Crippen LogP contribution >= 0.6 is 0 Å². The van der Waals surface area contributed by atoms with Gasteiger partial charge < -0.3 is 14.6 Å². The minimum Gasteiger partial charge on any atom is -0.494 e. The molecule has 8 heteroatoms. The summed E-state index contributed by atoms with van der Waals surface area (Å²) in [5.41, 5.74) is 4.16. The highest BCUT2D eigenvalue weighted by molar-refractivity contribution is 7.89. The Kier molecular flexibility index (Phi) is 6.93. The third-order valence-corrected chi connectivity index (χ3v) is 6.86. The molecule has 0 bridgehead atoms. The van der Waals surface area contributed by atoms with Crippen LogP contribution in [-0.4, -0.2) is 38.2 Å². The van der Waals surface area contributed by atoms with Gasteiger partial charge in [0.1, 0.15) is 5.75 Å². The number of hydrogen-bond donors (Lipinski definition) is 2. The van der Waals surface area contributed by atoms with Crippen LogP contribution in [0, 0.1) is 5.92 Å². The smallest absolute Gasteiger partial charge is 0.257 e. The first kappa shape index (κ1) is 22.5. The number of nitrogens with zero attached hydrogens (tertiary/aromatic N) is 2. The molecule has 170 valence electrons. The average molecular weight is 455 g/mol. The maximum absolute atomic E-state index is 11.3. The Morgan fingerprint density at radius 2 is 2.03 bits per heavy atom. The van der Waals surface area contributed by atoms with Crippen LogP contribution in [-0.2, 0) is 29.4 Å². The summed E-state index contributed by atoms with van der Waals surface area (Å²) in [6, 6.07) is 17.1. The van der Waals surface area contributed by atoms with Gasteiger partial charge in [0.15, 0.2) is 5.03 Å². The summed E-state index contributed by atoms with van der Waals surface area (Å²) in [7, 11) is -1.75. The quantitative estimate of drug-likeness (QED) is 0.459. The van der Waals surface area contributed by atoms with E-state index in [4.69, 9.17) is 9.88 Å². The van der Waals surface area contributed by atoms with E-state index in [1.54, 1.807) is 4.57 Å². The SMILES string of the molecule is CNCC1Cc2ccc(OCCCn3cnc(S(N)(=O)=O)c3)cc2C1Cc1ccccc1. The molecule has 2 atom stereocenters. The molecule has 0 fully saturated rings. The fraction of sp³-hybridized carbons (Fsp3) is 0.375. The van der Waals surface area contributed by atoms with E-state index in [0.29, 0.717) is 25.0 Å². The molecule has 0 radical (unpaired) electrons. The molecular formula is C24H30N4O3S. The number of imidazole rings is 1. The van der Waals surface area contributed by atoms with Crippen LogP contribution in [0.3, 0.4) is 0 Å². The molecule has 4 rings (SSSR count). The molecule has 0 saturated heterocycles. The summed E-state index contributed by atoms with van der Waals surface area (Å²) in [5, 5.41) is 8.35. The van der Waals surface area contributed by atoms with Crippen molar-refractivity contribution < 1.29 is 13.2 Å². The highest BCUT2D eigenvalue weighted by Gasteiger charge is 2.32. The summed E-state index contributed by atoms with van der Waals surface area (Å²) >= 11 is 0. The summed E-state index contributed by atoms with van der Waals surface area (Å²) in [4.78, 5) is 3.83. The zero-order valence-electron chi connectivity index (χ0n) is 18.3. The van der Waals surface area contributed by atoms with Gasteiger partial charge in [-0.1, -0.05) is 36.4 Å². The van der Waals surface area contributed by atoms with Gasteiger partial charge in [0.2, 0.25) is 0 Å². The van der Waals surface area contributed by atoms with Crippen molar-refractivity contribution in [2.24, 2.45) is 11.1 Å². The molecule has 1 aliphatic carbocycles. The van der Waals surface area contributed by atoms with Gasteiger partial charge in [-0.25, -0.2) is 18.5 Å². The molecule has 2 aromatic carbocycles. The van der Waals surface area contributed by atoms with E-state index in [9.17, 15) is 8.42 Å². The molecular weight excluding hydrogens is 424 g/mol. The Bertz CT molecular complexity index is 1150. The number of rotatable bonds is 10. The Balaban J connectivity index is 1.39. The summed E-state index contributed by atoms with van der Waals surface area (Å²) in [5.74, 6) is 1.91. The van der Waals surface area contributed by atoms with E-state index in [-0.39, 0.29) is 5.03 Å². The minimum atomic E-state index is -3.77. The standard InChI is InChI=1S/C24H30N4O3S/c1-26-15-20-13-19-8-9-21(14-23(19)22(20)12-18-6-3-2-4-7-18)31-11-5-10-28-16-24(27-17-28)32(25,29)30/h2-4,6-9,14,16-17,20,22,26H,5,10-13,15H2,1H3,(H2,25,29,30). The van der Waals surface area contributed by atoms with Crippen molar-refractivity contribution in [1.29, 1.82) is 0 Å². The lowest BCUT2D eigenvalue weighted by molar-refractivity contribution is 0.301. The normalized spacial score (nSPS) is 17.9. The van der Waals surface area contributed by atoms with E-state index < -0.39 is 10.0 Å². The lowest BCUT2D eigenvalue weighted by Gasteiger charge is -2.21. The number of ether oxygens (including phenoxy) is 1. The van der Waals surface area contributed by atoms with Gasteiger partial charge in [0.25, 0.3) is 10.0 Å². The number of benzene rings is 2. The highest BCUT2D eigenvalue weighted by atomic mass is 32.2. The molecule has 0 aliphatic heterocycles. The maximum atomic E-state index is 11.3. The number of primary sulfonamides is 1. The van der Waals surface area contributed by atoms with Crippen molar-refractivity contribution in [3.8, 4) is 5.75 Å². The van der Waals surface area contributed by atoms with E-state index in [1.807, 2.05) is 7.05 Å². The van der Waals surface area contributed by atoms with E-state index in [0.717, 1.165) is 31.6 Å². The van der Waals surface area contributed by atoms with Crippen LogP contribution < -0.4 is 15.2 Å². The number of nitrogens with two attached hydrogens (primary N) is 1. The Labute approximate surface area is 189 Å². The molecule has 0 amide bonds. The number of aromatic nitrogens is 2. The fourth-order valence-corrected chi connectivity index (χ4v) is 5.02. The zero-order chi connectivity index (χ0) is 22.6. The third-order valence-electron chi connectivity index (χ3n) is 6.06. The molecule has 0 saturated carbocycles. The van der Waals surface area contributed by atoms with E-state index in [1.165, 1.54) is 29.2 Å². The number of hydrogen-bond acceptors (Lipinski definition) is 5. The molecule has 1 aliphatic rings. The van der Waals surface area contributed by atoms with Gasteiger partial charge in [0.05, 0.1) is 12.9 Å². The lowest BCUT2D eigenvalue weighted by Crippen LogP contribution is -2.23. The first-order chi connectivity index (χ1) is 15.4. The first-order valence-corrected chi connectivity index (χ1v) is 12.5. The van der Waals surface area contributed by atoms with Crippen LogP contribution in [0.25, 0.3) is 0 Å². The van der Waals surface area contributed by atoms with E-state index >= 15 is 0 Å². The summed E-state index contributed by atoms with van der Waals surface area (Å²) in [6.45, 7) is 2.13. The largest absolute Gasteiger partial charge is 0.494 e. The third kappa shape index (κ3) is 5.38. The van der Waals surface area contributed by atoms with Crippen molar-refractivity contribution in [2.75, 3.05) is 20.2 Å². The first-order valence-electron chi connectivity index (χ1n) is 10.9. The van der Waals surface area contributed by atoms with Gasteiger partial charge in [-0.05, 0) is 73.5 Å². The van der Waals surface area contributed by atoms with Crippen molar-refractivity contribution >= 4 is 10.0 Å². The topological polar surface area (TPSA) is 99.2 Å². The van der Waals surface area contributed by atoms with Crippen molar-refractivity contribution in [3.63, 3.8) is 0 Å². The average Bonchev–Trinajstić information content (AvgIpc) is 3.38. The number of aryl methyl sites for hydroxylation is 1. The van der Waals surface area contributed by atoms with Crippen LogP contribution in [0.1, 0.15) is 29.0 Å². The second kappa shape index (κ2) is 9.85. The molecule has 3 N–H and O–H groups in total. The number of nitrogens with one attached hydrogen (secondary N) is 1. The lowest BCUT2D eigenvalue weighted by atomic mass is 9.86. The van der Waals surface area contributed by atoms with Crippen molar-refractivity contribution in [1.82, 2.24) is 14.9 Å². The predicted octanol–water partition coefficient (Wildman–Crippen LogP) is 2.72. The molecule has 3 aromatic rings. The van der Waals surface area contributed by atoms with Crippen molar-refractivity contribution in [2.45, 2.75) is 36.8 Å². The maximum Gasteiger partial charge on any atom is 0.257 e. The Morgan fingerprint density at radius 1 is 1.22 bits per heavy atom. The van der Waals surface area contributed by atoms with Gasteiger partial charge in [-0.3, -0.25) is 0 Å². The molecule has 32 heavy (non-hydrogen) atoms. The fourth-order valence-electron chi connectivity index (χ4n) is 4.54. The second-order valence-electron chi connectivity index (χ2n) is 8.38. The Hall–Kier alpha value is -2.68. The highest BCUT2D eigenvalue weighted by Crippen LogP contribution is 2.41. The molecule has 2 unspecified atom stereocenters. The summed E-state index contributed by atoms with van der Waals surface area (Å²) < 4.78 is 30.4. The van der Waals surface area contributed by atoms with Gasteiger partial charge >= 0.3 is 0 Å². The zero-order valence-corrected chi connectivity index (χ0v) is 19.1. The monoisotopic (exact) mass is 454 g/mol. The van der Waals surface area contributed by atoms with Gasteiger partial charge in [-0.2, -0.15) is 0 Å². The minimum absolute atomic E-state index is 0.113. The van der Waals surface area contributed by atoms with Crippen LogP contribution in [0.15, 0.2) is 66.1 Å². The van der Waals surface area contributed by atoms with Crippen molar-refractivity contribution in [3.05, 3.63) is 77.7 Å². The molecule has 1 aromatic heterocycles. The Morgan fingerprint density at radius 3 is 2.75 bits per heavy atom. The summed E-state index contributed by atoms with van der Waals surface area (Å²) in [6.07, 6.45) is 5.76. The van der Waals surface area contributed by atoms with Crippen LogP contribution in [0.2, 0.25) is 0 Å². The molecule has 1 heterocycles. The van der Waals surface area contributed by atoms with Gasteiger partial charge in [0, 0.05) is 12.7 Å². The van der Waals surface area contributed by atoms with Crippen LogP contribution in [0.5, 0.6) is 5.75 Å². The van der Waals surface area contributed by atoms with Crippen LogP contribution in [0.4, 0.5) is 0 Å².